The zero-order valence-electron chi connectivity index (χ0n) is 25.5. The number of likely N-dealkylation sites (tertiary alicyclic amines) is 1. The Bertz CT molecular complexity index is 1110. The van der Waals surface area contributed by atoms with Crippen LogP contribution in [0.15, 0.2) is 35.5 Å². The predicted octanol–water partition coefficient (Wildman–Crippen LogP) is 2.36. The number of benzene rings is 1. The van der Waals surface area contributed by atoms with Crippen molar-refractivity contribution in [3.05, 3.63) is 35.9 Å². The van der Waals surface area contributed by atoms with E-state index in [0.717, 1.165) is 5.56 Å². The van der Waals surface area contributed by atoms with Gasteiger partial charge in [-0.3, -0.25) is 20.2 Å². The molecule has 0 aliphatic carbocycles. The van der Waals surface area contributed by atoms with E-state index in [-0.39, 0.29) is 38.2 Å². The summed E-state index contributed by atoms with van der Waals surface area (Å²) in [6.45, 7) is 10.1. The van der Waals surface area contributed by atoms with Gasteiger partial charge >= 0.3 is 18.3 Å². The highest BCUT2D eigenvalue weighted by atomic mass is 16.6. The first-order valence-corrected chi connectivity index (χ1v) is 13.8. The molecular formula is C28H42N6O9. The van der Waals surface area contributed by atoms with Crippen molar-refractivity contribution in [2.75, 3.05) is 26.2 Å². The molecule has 0 unspecified atom stereocenters. The van der Waals surface area contributed by atoms with Crippen LogP contribution in [0.1, 0.15) is 59.9 Å². The van der Waals surface area contributed by atoms with Crippen molar-refractivity contribution in [3.8, 4) is 0 Å². The van der Waals surface area contributed by atoms with E-state index in [1.54, 1.807) is 41.5 Å². The summed E-state index contributed by atoms with van der Waals surface area (Å²) in [5.74, 6) is -1.22. The van der Waals surface area contributed by atoms with Crippen LogP contribution >= 0.6 is 0 Å². The SMILES string of the molecule is CC(C)(C)OC(=O)NC(=NOCCNC(=O)CN1CCC[C@H](NC(=O)OCc2ccccc2)C1=O)NC(=O)OC(C)(C)C. The fraction of sp³-hybridized carbons (Fsp3) is 0.571. The van der Waals surface area contributed by atoms with E-state index in [0.29, 0.717) is 19.4 Å². The van der Waals surface area contributed by atoms with Gasteiger partial charge in [0.2, 0.25) is 11.8 Å². The average molecular weight is 607 g/mol. The second-order valence-corrected chi connectivity index (χ2v) is 11.5. The van der Waals surface area contributed by atoms with Crippen molar-refractivity contribution in [2.24, 2.45) is 5.16 Å². The molecule has 1 heterocycles. The maximum Gasteiger partial charge on any atom is 0.414 e. The number of amides is 5. The van der Waals surface area contributed by atoms with Crippen molar-refractivity contribution in [2.45, 2.75) is 78.2 Å². The van der Waals surface area contributed by atoms with Crippen LogP contribution < -0.4 is 21.3 Å². The Balaban J connectivity index is 1.79. The molecule has 1 aliphatic heterocycles. The van der Waals surface area contributed by atoms with Gasteiger partial charge in [-0.1, -0.05) is 30.3 Å². The molecule has 15 nitrogen and oxygen atoms in total. The fourth-order valence-corrected chi connectivity index (χ4v) is 3.59. The summed E-state index contributed by atoms with van der Waals surface area (Å²) in [4.78, 5) is 68.2. The van der Waals surface area contributed by atoms with Crippen LogP contribution in [0.4, 0.5) is 14.4 Å². The summed E-state index contributed by atoms with van der Waals surface area (Å²) in [6, 6.07) is 8.35. The quantitative estimate of drug-likeness (QED) is 0.108. The van der Waals surface area contributed by atoms with Crippen LogP contribution in [-0.4, -0.2) is 84.4 Å². The van der Waals surface area contributed by atoms with Gasteiger partial charge in [0.25, 0.3) is 5.96 Å². The summed E-state index contributed by atoms with van der Waals surface area (Å²) in [7, 11) is 0. The number of piperidine rings is 1. The van der Waals surface area contributed by atoms with E-state index < -0.39 is 41.4 Å². The maximum atomic E-state index is 12.8. The number of guanidine groups is 1. The van der Waals surface area contributed by atoms with E-state index in [9.17, 15) is 24.0 Å². The minimum absolute atomic E-state index is 0.00398. The first kappa shape index (κ1) is 34.6. The lowest BCUT2D eigenvalue weighted by molar-refractivity contribution is -0.139. The second-order valence-electron chi connectivity index (χ2n) is 11.5. The van der Waals surface area contributed by atoms with Gasteiger partial charge in [-0.25, -0.2) is 14.4 Å². The van der Waals surface area contributed by atoms with Gasteiger partial charge in [0.1, 0.15) is 30.5 Å². The average Bonchev–Trinajstić information content (AvgIpc) is 2.88. The number of rotatable bonds is 9. The molecule has 5 amide bonds. The second kappa shape index (κ2) is 16.2. The van der Waals surface area contributed by atoms with Crippen molar-refractivity contribution < 1.29 is 43.0 Å². The number of hydrogen-bond acceptors (Lipinski definition) is 10. The molecule has 1 aliphatic rings. The van der Waals surface area contributed by atoms with E-state index >= 15 is 0 Å². The van der Waals surface area contributed by atoms with Gasteiger partial charge in [0.05, 0.1) is 13.1 Å². The standard InChI is InChI=1S/C28H42N6O9/c1-27(2,3)42-25(38)31-23(32-26(39)43-28(4,5)6)33-41-16-14-29-21(35)17-34-15-10-13-20(22(34)36)30-24(37)40-18-19-11-8-7-9-12-19/h7-9,11-12,20H,10,13-18H2,1-6H3,(H,29,35)(H,30,37)(H2,31,32,33,38,39)/t20-/m0/s1. The molecule has 0 bridgehead atoms. The third-order valence-corrected chi connectivity index (χ3v) is 5.28. The molecule has 0 radical (unpaired) electrons. The van der Waals surface area contributed by atoms with Crippen LogP contribution in [0.5, 0.6) is 0 Å². The molecule has 2 rings (SSSR count). The molecule has 1 aromatic rings. The highest BCUT2D eigenvalue weighted by Gasteiger charge is 2.31. The minimum atomic E-state index is -0.886. The largest absolute Gasteiger partial charge is 0.445 e. The van der Waals surface area contributed by atoms with Crippen LogP contribution in [0, 0.1) is 0 Å². The molecule has 1 atom stereocenters. The van der Waals surface area contributed by atoms with Gasteiger partial charge in [-0.05, 0) is 65.1 Å². The molecule has 0 aromatic heterocycles. The molecule has 1 fully saturated rings. The molecule has 43 heavy (non-hydrogen) atoms. The summed E-state index contributed by atoms with van der Waals surface area (Å²) in [5.41, 5.74) is -0.788. The topological polar surface area (TPSA) is 186 Å². The van der Waals surface area contributed by atoms with E-state index in [2.05, 4.69) is 26.4 Å². The molecule has 0 spiro atoms. The summed E-state index contributed by atoms with van der Waals surface area (Å²) in [6.07, 6.45) is -1.46. The number of ether oxygens (including phenoxy) is 3. The number of alkyl carbamates (subject to hydrolysis) is 3. The van der Waals surface area contributed by atoms with E-state index in [4.69, 9.17) is 19.0 Å². The molecule has 15 heteroatoms. The third kappa shape index (κ3) is 14.8. The Kier molecular flexibility index (Phi) is 13.0. The zero-order chi connectivity index (χ0) is 32.0. The first-order valence-electron chi connectivity index (χ1n) is 13.8. The molecule has 1 aromatic carbocycles. The van der Waals surface area contributed by atoms with Crippen molar-refractivity contribution in [3.63, 3.8) is 0 Å². The van der Waals surface area contributed by atoms with Crippen LogP contribution in [0.2, 0.25) is 0 Å². The number of nitrogens with zero attached hydrogens (tertiary/aromatic N) is 2. The molecule has 0 saturated carbocycles. The zero-order valence-corrected chi connectivity index (χ0v) is 25.5. The van der Waals surface area contributed by atoms with Crippen LogP contribution in [-0.2, 0) is 35.2 Å². The highest BCUT2D eigenvalue weighted by molar-refractivity contribution is 6.01. The number of carbonyl (C=O) groups is 5. The smallest absolute Gasteiger partial charge is 0.414 e. The van der Waals surface area contributed by atoms with Crippen LogP contribution in [0.3, 0.4) is 0 Å². The monoisotopic (exact) mass is 606 g/mol. The number of hydrogen-bond donors (Lipinski definition) is 4. The molecular weight excluding hydrogens is 564 g/mol. The minimum Gasteiger partial charge on any atom is -0.445 e. The molecule has 238 valence electrons. The van der Waals surface area contributed by atoms with Crippen molar-refractivity contribution in [1.29, 1.82) is 0 Å². The Morgan fingerprint density at radius 1 is 0.930 bits per heavy atom. The van der Waals surface area contributed by atoms with Gasteiger partial charge < -0.3 is 34.6 Å². The van der Waals surface area contributed by atoms with Crippen molar-refractivity contribution in [1.82, 2.24) is 26.2 Å². The summed E-state index contributed by atoms with van der Waals surface area (Å²) < 4.78 is 15.5. The Hall–Kier alpha value is -4.56. The van der Waals surface area contributed by atoms with Gasteiger partial charge in [0.15, 0.2) is 0 Å². The van der Waals surface area contributed by atoms with E-state index in [1.807, 2.05) is 30.3 Å². The van der Waals surface area contributed by atoms with Crippen LogP contribution in [0.25, 0.3) is 0 Å². The fourth-order valence-electron chi connectivity index (χ4n) is 3.59. The Labute approximate surface area is 251 Å². The maximum absolute atomic E-state index is 12.8. The number of oxime groups is 1. The normalized spacial score (nSPS) is 15.0. The highest BCUT2D eigenvalue weighted by Crippen LogP contribution is 2.12. The third-order valence-electron chi connectivity index (χ3n) is 5.28. The molecule has 4 N–H and O–H groups in total. The summed E-state index contributed by atoms with van der Waals surface area (Å²) in [5, 5.41) is 13.4. The Morgan fingerprint density at radius 3 is 2.12 bits per heavy atom. The lowest BCUT2D eigenvalue weighted by Crippen LogP contribution is -2.54. The number of nitrogens with one attached hydrogen (secondary N) is 4. The Morgan fingerprint density at radius 2 is 1.53 bits per heavy atom. The van der Waals surface area contributed by atoms with E-state index in [1.165, 1.54) is 4.90 Å². The molecule has 1 saturated heterocycles. The van der Waals surface area contributed by atoms with Crippen molar-refractivity contribution >= 4 is 36.1 Å². The number of carbonyl (C=O) groups excluding carboxylic acids is 5. The summed E-state index contributed by atoms with van der Waals surface area (Å²) >= 11 is 0. The first-order chi connectivity index (χ1) is 20.1. The van der Waals surface area contributed by atoms with Gasteiger partial charge in [-0.2, -0.15) is 0 Å². The predicted molar refractivity (Wildman–Crippen MR) is 155 cm³/mol. The lowest BCUT2D eigenvalue weighted by Gasteiger charge is -2.31. The van der Waals surface area contributed by atoms with Gasteiger partial charge in [0, 0.05) is 6.54 Å². The van der Waals surface area contributed by atoms with Gasteiger partial charge in [-0.15, -0.1) is 0 Å². The lowest BCUT2D eigenvalue weighted by atomic mass is 10.1.